The number of methoxy groups -OCH3 is 1. The summed E-state index contributed by atoms with van der Waals surface area (Å²) < 4.78 is 6.42. The average molecular weight is 354 g/mol. The molecule has 0 aromatic heterocycles. The number of benzene rings is 2. The second-order valence-electron chi connectivity index (χ2n) is 4.99. The van der Waals surface area contributed by atoms with E-state index in [-0.39, 0.29) is 5.38 Å². The fraction of sp³-hybridized carbons (Fsp3) is 0.294. The van der Waals surface area contributed by atoms with Crippen LogP contribution >= 0.6 is 27.5 Å². The van der Waals surface area contributed by atoms with Crippen LogP contribution in [0.1, 0.15) is 27.6 Å². The van der Waals surface area contributed by atoms with Crippen molar-refractivity contribution in [3.8, 4) is 5.75 Å². The number of halogens is 2. The van der Waals surface area contributed by atoms with Crippen molar-refractivity contribution in [3.63, 3.8) is 0 Å². The molecule has 0 saturated heterocycles. The lowest BCUT2D eigenvalue weighted by molar-refractivity contribution is 0.409. The number of aryl methyl sites for hydroxylation is 2. The standard InChI is InChI=1S/C17H18BrClO/c1-11-4-5-12(2)13(8-11)9-16(19)15-10-14(18)6-7-17(15)20-3/h4-8,10,16H,9H2,1-3H3. The first-order chi connectivity index (χ1) is 9.51. The summed E-state index contributed by atoms with van der Waals surface area (Å²) in [5.41, 5.74) is 4.84. The molecule has 2 aromatic carbocycles. The van der Waals surface area contributed by atoms with Crippen LogP contribution in [0.4, 0.5) is 0 Å². The normalized spacial score (nSPS) is 12.2. The Morgan fingerprint density at radius 1 is 1.15 bits per heavy atom. The predicted octanol–water partition coefficient (Wildman–Crippen LogP) is 5.60. The predicted molar refractivity (Wildman–Crippen MR) is 88.9 cm³/mol. The van der Waals surface area contributed by atoms with Crippen molar-refractivity contribution in [2.75, 3.05) is 7.11 Å². The molecule has 106 valence electrons. The van der Waals surface area contributed by atoms with Gasteiger partial charge in [0.25, 0.3) is 0 Å². The van der Waals surface area contributed by atoms with E-state index in [2.05, 4.69) is 48.0 Å². The molecule has 0 aliphatic carbocycles. The summed E-state index contributed by atoms with van der Waals surface area (Å²) in [6.07, 6.45) is 0.794. The highest BCUT2D eigenvalue weighted by molar-refractivity contribution is 9.10. The van der Waals surface area contributed by atoms with Crippen molar-refractivity contribution in [2.45, 2.75) is 25.6 Å². The molecule has 0 N–H and O–H groups in total. The van der Waals surface area contributed by atoms with E-state index in [1.54, 1.807) is 7.11 Å². The summed E-state index contributed by atoms with van der Waals surface area (Å²) in [4.78, 5) is 0. The largest absolute Gasteiger partial charge is 0.496 e. The molecule has 0 saturated carbocycles. The molecule has 0 radical (unpaired) electrons. The zero-order chi connectivity index (χ0) is 14.7. The van der Waals surface area contributed by atoms with Gasteiger partial charge in [-0.05, 0) is 49.6 Å². The molecule has 1 atom stereocenters. The summed E-state index contributed by atoms with van der Waals surface area (Å²) in [6, 6.07) is 12.4. The number of ether oxygens (including phenoxy) is 1. The maximum Gasteiger partial charge on any atom is 0.123 e. The van der Waals surface area contributed by atoms with E-state index >= 15 is 0 Å². The van der Waals surface area contributed by atoms with E-state index in [4.69, 9.17) is 16.3 Å². The molecular formula is C17H18BrClO. The Morgan fingerprint density at radius 2 is 1.90 bits per heavy atom. The van der Waals surface area contributed by atoms with Gasteiger partial charge >= 0.3 is 0 Å². The maximum atomic E-state index is 6.62. The molecule has 0 fully saturated rings. The monoisotopic (exact) mass is 352 g/mol. The topological polar surface area (TPSA) is 9.23 Å². The van der Waals surface area contributed by atoms with E-state index < -0.39 is 0 Å². The van der Waals surface area contributed by atoms with Crippen LogP contribution in [-0.2, 0) is 6.42 Å². The van der Waals surface area contributed by atoms with Crippen LogP contribution in [0.15, 0.2) is 40.9 Å². The summed E-state index contributed by atoms with van der Waals surface area (Å²) in [7, 11) is 1.67. The quantitative estimate of drug-likeness (QED) is 0.650. The zero-order valence-electron chi connectivity index (χ0n) is 11.9. The summed E-state index contributed by atoms with van der Waals surface area (Å²) in [6.45, 7) is 4.22. The van der Waals surface area contributed by atoms with Crippen LogP contribution in [0, 0.1) is 13.8 Å². The van der Waals surface area contributed by atoms with Gasteiger partial charge in [0.05, 0.1) is 12.5 Å². The third-order valence-corrected chi connectivity index (χ3v) is 4.32. The first-order valence-electron chi connectivity index (χ1n) is 6.55. The van der Waals surface area contributed by atoms with E-state index in [1.165, 1.54) is 16.7 Å². The molecule has 0 spiro atoms. The molecule has 1 unspecified atom stereocenters. The lowest BCUT2D eigenvalue weighted by Gasteiger charge is -2.16. The minimum Gasteiger partial charge on any atom is -0.496 e. The Kier molecular flexibility index (Phi) is 5.11. The van der Waals surface area contributed by atoms with Gasteiger partial charge in [-0.15, -0.1) is 11.6 Å². The molecule has 3 heteroatoms. The lowest BCUT2D eigenvalue weighted by Crippen LogP contribution is -2.01. The lowest BCUT2D eigenvalue weighted by atomic mass is 9.98. The Morgan fingerprint density at radius 3 is 2.60 bits per heavy atom. The third kappa shape index (κ3) is 3.56. The fourth-order valence-corrected chi connectivity index (χ4v) is 2.99. The Bertz CT molecular complexity index is 610. The first-order valence-corrected chi connectivity index (χ1v) is 7.78. The summed E-state index contributed by atoms with van der Waals surface area (Å²) in [5.74, 6) is 0.832. The Balaban J connectivity index is 2.30. The van der Waals surface area contributed by atoms with Crippen molar-refractivity contribution in [2.24, 2.45) is 0 Å². The van der Waals surface area contributed by atoms with Crippen LogP contribution in [0.2, 0.25) is 0 Å². The fourth-order valence-electron chi connectivity index (χ4n) is 2.27. The molecule has 2 rings (SSSR count). The minimum atomic E-state index is -0.108. The number of hydrogen-bond acceptors (Lipinski definition) is 1. The smallest absolute Gasteiger partial charge is 0.123 e. The van der Waals surface area contributed by atoms with Gasteiger partial charge in [0.2, 0.25) is 0 Å². The Hall–Kier alpha value is -0.990. The van der Waals surface area contributed by atoms with E-state index in [9.17, 15) is 0 Å². The zero-order valence-corrected chi connectivity index (χ0v) is 14.3. The van der Waals surface area contributed by atoms with E-state index in [1.807, 2.05) is 18.2 Å². The van der Waals surface area contributed by atoms with Gasteiger partial charge in [-0.25, -0.2) is 0 Å². The maximum absolute atomic E-state index is 6.62. The van der Waals surface area contributed by atoms with Crippen molar-refractivity contribution in [1.29, 1.82) is 0 Å². The average Bonchev–Trinajstić information content (AvgIpc) is 2.42. The van der Waals surface area contributed by atoms with Gasteiger partial charge in [-0.1, -0.05) is 39.7 Å². The van der Waals surface area contributed by atoms with Gasteiger partial charge in [-0.3, -0.25) is 0 Å². The second kappa shape index (κ2) is 6.64. The number of hydrogen-bond donors (Lipinski definition) is 0. The van der Waals surface area contributed by atoms with Gasteiger partial charge in [0.15, 0.2) is 0 Å². The third-order valence-electron chi connectivity index (χ3n) is 3.43. The highest BCUT2D eigenvalue weighted by Crippen LogP contribution is 2.35. The molecular weight excluding hydrogens is 336 g/mol. The van der Waals surface area contributed by atoms with Crippen LogP contribution in [0.5, 0.6) is 5.75 Å². The Labute approximate surface area is 134 Å². The molecule has 0 aliphatic heterocycles. The van der Waals surface area contributed by atoms with Crippen molar-refractivity contribution >= 4 is 27.5 Å². The molecule has 1 nitrogen and oxygen atoms in total. The van der Waals surface area contributed by atoms with Crippen molar-refractivity contribution in [1.82, 2.24) is 0 Å². The first kappa shape index (κ1) is 15.4. The van der Waals surface area contributed by atoms with Gasteiger partial charge in [0.1, 0.15) is 5.75 Å². The van der Waals surface area contributed by atoms with Crippen LogP contribution < -0.4 is 4.74 Å². The van der Waals surface area contributed by atoms with Crippen LogP contribution in [0.3, 0.4) is 0 Å². The van der Waals surface area contributed by atoms with E-state index in [0.717, 1.165) is 22.2 Å². The van der Waals surface area contributed by atoms with Crippen LogP contribution in [-0.4, -0.2) is 7.11 Å². The van der Waals surface area contributed by atoms with Crippen molar-refractivity contribution < 1.29 is 4.74 Å². The highest BCUT2D eigenvalue weighted by atomic mass is 79.9. The molecule has 0 heterocycles. The molecule has 2 aromatic rings. The van der Waals surface area contributed by atoms with Gasteiger partial charge in [0, 0.05) is 10.0 Å². The molecule has 0 amide bonds. The molecule has 20 heavy (non-hydrogen) atoms. The number of rotatable bonds is 4. The highest BCUT2D eigenvalue weighted by Gasteiger charge is 2.15. The van der Waals surface area contributed by atoms with Gasteiger partial charge in [-0.2, -0.15) is 0 Å². The van der Waals surface area contributed by atoms with E-state index in [0.29, 0.717) is 0 Å². The summed E-state index contributed by atoms with van der Waals surface area (Å²) in [5, 5.41) is -0.108. The van der Waals surface area contributed by atoms with Crippen LogP contribution in [0.25, 0.3) is 0 Å². The van der Waals surface area contributed by atoms with Gasteiger partial charge < -0.3 is 4.74 Å². The summed E-state index contributed by atoms with van der Waals surface area (Å²) >= 11 is 10.1. The van der Waals surface area contributed by atoms with Crippen molar-refractivity contribution in [3.05, 3.63) is 63.1 Å². The SMILES string of the molecule is COc1ccc(Br)cc1C(Cl)Cc1cc(C)ccc1C. The second-order valence-corrected chi connectivity index (χ2v) is 6.43. The number of alkyl halides is 1. The molecule has 0 bridgehead atoms. The molecule has 0 aliphatic rings. The minimum absolute atomic E-state index is 0.108.